The van der Waals surface area contributed by atoms with Crippen LogP contribution in [-0.4, -0.2) is 48.6 Å². The summed E-state index contributed by atoms with van der Waals surface area (Å²) < 4.78 is 0. The van der Waals surface area contributed by atoms with E-state index in [4.69, 9.17) is 0 Å². The standard InChI is InChI=1S/C14H28N2.2C2H6/c1-4-5-13(2)12-16-11-8-14(16)6-9-15(3)10-7-14;2*1-2/h13H,4-12H2,1-3H3;2*1-2H3. The molecule has 0 aromatic carbocycles. The van der Waals surface area contributed by atoms with Crippen molar-refractivity contribution in [3.63, 3.8) is 0 Å². The summed E-state index contributed by atoms with van der Waals surface area (Å²) in [6.45, 7) is 18.0. The summed E-state index contributed by atoms with van der Waals surface area (Å²) in [6, 6.07) is 0. The summed E-state index contributed by atoms with van der Waals surface area (Å²) in [5, 5.41) is 0. The SMILES string of the molecule is CC.CC.CCCC(C)CN1CCC12CCN(C)CC2. The molecule has 0 aliphatic carbocycles. The molecule has 1 spiro atoms. The molecule has 2 rings (SSSR count). The number of nitrogens with zero attached hydrogens (tertiary/aromatic N) is 2. The lowest BCUT2D eigenvalue weighted by Gasteiger charge is -2.57. The van der Waals surface area contributed by atoms with Gasteiger partial charge >= 0.3 is 0 Å². The molecule has 20 heavy (non-hydrogen) atoms. The van der Waals surface area contributed by atoms with Crippen LogP contribution in [0.3, 0.4) is 0 Å². The van der Waals surface area contributed by atoms with E-state index in [0.717, 1.165) is 5.92 Å². The van der Waals surface area contributed by atoms with E-state index in [1.54, 1.807) is 0 Å². The van der Waals surface area contributed by atoms with E-state index in [0.29, 0.717) is 5.54 Å². The smallest absolute Gasteiger partial charge is 0.0246 e. The highest BCUT2D eigenvalue weighted by Gasteiger charge is 2.45. The fraction of sp³-hybridized carbons (Fsp3) is 1.00. The zero-order chi connectivity index (χ0) is 15.6. The van der Waals surface area contributed by atoms with Gasteiger partial charge in [-0.2, -0.15) is 0 Å². The van der Waals surface area contributed by atoms with Crippen molar-refractivity contribution in [1.82, 2.24) is 9.80 Å². The minimum absolute atomic E-state index is 0.620. The van der Waals surface area contributed by atoms with E-state index in [-0.39, 0.29) is 0 Å². The third kappa shape index (κ3) is 5.37. The Morgan fingerprint density at radius 1 is 0.950 bits per heavy atom. The number of piperidine rings is 1. The molecular formula is C18H40N2. The van der Waals surface area contributed by atoms with E-state index >= 15 is 0 Å². The van der Waals surface area contributed by atoms with Gasteiger partial charge < -0.3 is 4.90 Å². The first-order valence-corrected chi connectivity index (χ1v) is 9.10. The molecule has 122 valence electrons. The molecule has 2 aliphatic rings. The normalized spacial score (nSPS) is 22.9. The van der Waals surface area contributed by atoms with Crippen molar-refractivity contribution in [2.45, 2.75) is 79.2 Å². The van der Waals surface area contributed by atoms with Crippen molar-refractivity contribution in [1.29, 1.82) is 0 Å². The Morgan fingerprint density at radius 3 is 1.85 bits per heavy atom. The maximum atomic E-state index is 2.79. The maximum absolute atomic E-state index is 2.79. The summed E-state index contributed by atoms with van der Waals surface area (Å²) in [5.41, 5.74) is 0.620. The maximum Gasteiger partial charge on any atom is 0.0246 e. The van der Waals surface area contributed by atoms with Gasteiger partial charge in [0.1, 0.15) is 0 Å². The summed E-state index contributed by atoms with van der Waals surface area (Å²) in [6.07, 6.45) is 7.00. The quantitative estimate of drug-likeness (QED) is 0.741. The van der Waals surface area contributed by atoms with Crippen molar-refractivity contribution in [2.75, 3.05) is 33.2 Å². The van der Waals surface area contributed by atoms with Gasteiger partial charge in [0.05, 0.1) is 0 Å². The van der Waals surface area contributed by atoms with Gasteiger partial charge in [0.2, 0.25) is 0 Å². The zero-order valence-corrected chi connectivity index (χ0v) is 15.3. The highest BCUT2D eigenvalue weighted by atomic mass is 15.3. The minimum atomic E-state index is 0.620. The van der Waals surface area contributed by atoms with Crippen LogP contribution in [0.2, 0.25) is 0 Å². The number of hydrogen-bond acceptors (Lipinski definition) is 2. The molecule has 1 atom stereocenters. The molecule has 2 saturated heterocycles. The molecule has 0 radical (unpaired) electrons. The molecule has 0 bridgehead atoms. The number of rotatable bonds is 4. The predicted octanol–water partition coefficient (Wildman–Crippen LogP) is 4.65. The number of likely N-dealkylation sites (tertiary alicyclic amines) is 2. The van der Waals surface area contributed by atoms with E-state index in [9.17, 15) is 0 Å². The molecule has 0 saturated carbocycles. The van der Waals surface area contributed by atoms with Gasteiger partial charge in [-0.1, -0.05) is 48.0 Å². The van der Waals surface area contributed by atoms with Crippen LogP contribution in [0, 0.1) is 5.92 Å². The lowest BCUT2D eigenvalue weighted by atomic mass is 9.76. The van der Waals surface area contributed by atoms with Crippen molar-refractivity contribution < 1.29 is 0 Å². The Labute approximate surface area is 128 Å². The molecule has 0 N–H and O–H groups in total. The Balaban J connectivity index is 0.000000829. The first kappa shape index (κ1) is 19.9. The first-order chi connectivity index (χ1) is 9.66. The van der Waals surface area contributed by atoms with Gasteiger partial charge in [-0.25, -0.2) is 0 Å². The average Bonchev–Trinajstić information content (AvgIpc) is 2.49. The topological polar surface area (TPSA) is 6.48 Å². The molecule has 0 aromatic rings. The average molecular weight is 285 g/mol. The Bertz CT molecular complexity index is 219. The van der Waals surface area contributed by atoms with Gasteiger partial charge in [-0.3, -0.25) is 4.90 Å². The second-order valence-electron chi connectivity index (χ2n) is 6.12. The van der Waals surface area contributed by atoms with Gasteiger partial charge in [0.15, 0.2) is 0 Å². The van der Waals surface area contributed by atoms with Crippen molar-refractivity contribution in [2.24, 2.45) is 5.92 Å². The second kappa shape index (κ2) is 10.6. The first-order valence-electron chi connectivity index (χ1n) is 9.10. The molecular weight excluding hydrogens is 244 g/mol. The Kier molecular flexibility index (Phi) is 10.6. The van der Waals surface area contributed by atoms with Gasteiger partial charge in [-0.15, -0.1) is 0 Å². The Morgan fingerprint density at radius 2 is 1.45 bits per heavy atom. The van der Waals surface area contributed by atoms with E-state index < -0.39 is 0 Å². The minimum Gasteiger partial charge on any atom is -0.306 e. The van der Waals surface area contributed by atoms with Crippen LogP contribution in [-0.2, 0) is 0 Å². The summed E-state index contributed by atoms with van der Waals surface area (Å²) in [4.78, 5) is 5.28. The molecule has 0 aromatic heterocycles. The van der Waals surface area contributed by atoms with Gasteiger partial charge in [0, 0.05) is 18.6 Å². The molecule has 0 amide bonds. The monoisotopic (exact) mass is 284 g/mol. The van der Waals surface area contributed by atoms with Crippen LogP contribution < -0.4 is 0 Å². The van der Waals surface area contributed by atoms with Crippen LogP contribution >= 0.6 is 0 Å². The third-order valence-corrected chi connectivity index (χ3v) is 4.75. The third-order valence-electron chi connectivity index (χ3n) is 4.75. The van der Waals surface area contributed by atoms with Crippen LogP contribution in [0.15, 0.2) is 0 Å². The second-order valence-corrected chi connectivity index (χ2v) is 6.12. The highest BCUT2D eigenvalue weighted by Crippen LogP contribution is 2.40. The summed E-state index contributed by atoms with van der Waals surface area (Å²) >= 11 is 0. The van der Waals surface area contributed by atoms with Crippen LogP contribution in [0.4, 0.5) is 0 Å². The molecule has 2 nitrogen and oxygen atoms in total. The van der Waals surface area contributed by atoms with Gasteiger partial charge in [0.25, 0.3) is 0 Å². The highest BCUT2D eigenvalue weighted by molar-refractivity contribution is 5.02. The molecule has 2 fully saturated rings. The number of hydrogen-bond donors (Lipinski definition) is 0. The van der Waals surface area contributed by atoms with Crippen molar-refractivity contribution in [3.8, 4) is 0 Å². The van der Waals surface area contributed by atoms with Crippen LogP contribution in [0.25, 0.3) is 0 Å². The van der Waals surface area contributed by atoms with E-state index in [2.05, 4.69) is 30.7 Å². The van der Waals surface area contributed by atoms with E-state index in [1.807, 2.05) is 27.7 Å². The lowest BCUT2D eigenvalue weighted by Crippen LogP contribution is -2.64. The summed E-state index contributed by atoms with van der Waals surface area (Å²) in [7, 11) is 2.26. The van der Waals surface area contributed by atoms with Crippen LogP contribution in [0.1, 0.15) is 73.6 Å². The Hall–Kier alpha value is -0.0800. The van der Waals surface area contributed by atoms with Crippen molar-refractivity contribution in [3.05, 3.63) is 0 Å². The molecule has 2 aliphatic heterocycles. The largest absolute Gasteiger partial charge is 0.306 e. The van der Waals surface area contributed by atoms with Crippen LogP contribution in [0.5, 0.6) is 0 Å². The predicted molar refractivity (Wildman–Crippen MR) is 92.4 cm³/mol. The molecule has 1 unspecified atom stereocenters. The van der Waals surface area contributed by atoms with Crippen molar-refractivity contribution >= 4 is 0 Å². The zero-order valence-electron chi connectivity index (χ0n) is 15.3. The summed E-state index contributed by atoms with van der Waals surface area (Å²) in [5.74, 6) is 0.891. The van der Waals surface area contributed by atoms with Gasteiger partial charge in [-0.05, 0) is 51.7 Å². The molecule has 2 heterocycles. The fourth-order valence-electron chi connectivity index (χ4n) is 3.43. The fourth-order valence-corrected chi connectivity index (χ4v) is 3.43. The van der Waals surface area contributed by atoms with E-state index in [1.165, 1.54) is 58.3 Å². The lowest BCUT2D eigenvalue weighted by molar-refractivity contribution is -0.0629. The molecule has 2 heteroatoms.